The van der Waals surface area contributed by atoms with E-state index in [1.807, 2.05) is 0 Å². The molecule has 0 saturated carbocycles. The Hall–Kier alpha value is 0.270. The summed E-state index contributed by atoms with van der Waals surface area (Å²) in [4.78, 5) is 0. The molecule has 2 atom stereocenters. The number of rotatable bonds is 5. The van der Waals surface area contributed by atoms with E-state index in [0.717, 1.165) is 0 Å². The van der Waals surface area contributed by atoms with Gasteiger partial charge in [0.2, 0.25) is 0 Å². The van der Waals surface area contributed by atoms with Gasteiger partial charge in [-0.1, -0.05) is 11.6 Å². The third-order valence-electron chi connectivity index (χ3n) is 1.24. The fourth-order valence-corrected chi connectivity index (χ4v) is 0.574. The maximum absolute atomic E-state index is 12.7. The molecule has 0 amide bonds. The Kier molecular flexibility index (Phi) is 4.82. The summed E-state index contributed by atoms with van der Waals surface area (Å²) in [5.41, 5.74) is 0. The number of hydrogen-bond donors (Lipinski definition) is 0. The van der Waals surface area contributed by atoms with Gasteiger partial charge in [0.1, 0.15) is 0 Å². The SMILES string of the molecule is FC(OC(F)(F)C(F)(F)Cl)C(F)(Cl)C(F)(F)Cl. The predicted octanol–water partition coefficient (Wildman–Crippen LogP) is 4.46. The zero-order valence-corrected chi connectivity index (χ0v) is 9.41. The third-order valence-corrected chi connectivity index (χ3v) is 2.25. The molecule has 0 heterocycles. The van der Waals surface area contributed by atoms with E-state index in [4.69, 9.17) is 0 Å². The van der Waals surface area contributed by atoms with Gasteiger partial charge < -0.3 is 0 Å². The lowest BCUT2D eigenvalue weighted by atomic mass is 10.4. The van der Waals surface area contributed by atoms with E-state index < -0.39 is 28.4 Å². The first-order chi connectivity index (χ1) is 7.13. The quantitative estimate of drug-likeness (QED) is 0.532. The molecule has 0 aliphatic carbocycles. The molecule has 104 valence electrons. The second-order valence-corrected chi connectivity index (χ2v) is 4.07. The van der Waals surface area contributed by atoms with E-state index in [0.29, 0.717) is 0 Å². The van der Waals surface area contributed by atoms with E-state index in [2.05, 4.69) is 39.5 Å². The molecular formula is C5HCl3F8O. The highest BCUT2D eigenvalue weighted by Crippen LogP contribution is 2.47. The van der Waals surface area contributed by atoms with Gasteiger partial charge in [0.15, 0.2) is 0 Å². The van der Waals surface area contributed by atoms with Crippen molar-refractivity contribution in [3.05, 3.63) is 0 Å². The zero-order valence-electron chi connectivity index (χ0n) is 7.14. The molecule has 0 bridgehead atoms. The number of hydrogen-bond acceptors (Lipinski definition) is 1. The minimum Gasteiger partial charge on any atom is -0.275 e. The molecule has 0 aromatic carbocycles. The Morgan fingerprint density at radius 3 is 1.35 bits per heavy atom. The molecule has 17 heavy (non-hydrogen) atoms. The van der Waals surface area contributed by atoms with Crippen molar-refractivity contribution in [1.29, 1.82) is 0 Å². The van der Waals surface area contributed by atoms with Crippen LogP contribution in [0.2, 0.25) is 0 Å². The molecule has 2 unspecified atom stereocenters. The maximum atomic E-state index is 12.7. The van der Waals surface area contributed by atoms with E-state index in [9.17, 15) is 35.1 Å². The topological polar surface area (TPSA) is 9.23 Å². The second kappa shape index (κ2) is 4.75. The van der Waals surface area contributed by atoms with Crippen LogP contribution in [0.4, 0.5) is 35.1 Å². The van der Waals surface area contributed by atoms with E-state index in [1.54, 1.807) is 0 Å². The highest BCUT2D eigenvalue weighted by molar-refractivity contribution is 6.32. The minimum absolute atomic E-state index is 2.44. The van der Waals surface area contributed by atoms with Crippen molar-refractivity contribution < 1.29 is 39.9 Å². The van der Waals surface area contributed by atoms with Crippen LogP contribution < -0.4 is 0 Å². The van der Waals surface area contributed by atoms with E-state index >= 15 is 0 Å². The predicted molar refractivity (Wildman–Crippen MR) is 42.2 cm³/mol. The molecule has 0 radical (unpaired) electrons. The Morgan fingerprint density at radius 1 is 0.765 bits per heavy atom. The highest BCUT2D eigenvalue weighted by Gasteiger charge is 2.66. The Labute approximate surface area is 104 Å². The molecular weight excluding hydrogens is 334 g/mol. The van der Waals surface area contributed by atoms with Crippen LogP contribution in [-0.4, -0.2) is 28.4 Å². The van der Waals surface area contributed by atoms with Crippen molar-refractivity contribution in [1.82, 2.24) is 0 Å². The summed E-state index contributed by atoms with van der Waals surface area (Å²) >= 11 is 11.9. The number of alkyl halides is 11. The van der Waals surface area contributed by atoms with Gasteiger partial charge in [0.25, 0.3) is 6.36 Å². The van der Waals surface area contributed by atoms with Gasteiger partial charge in [-0.15, -0.1) is 0 Å². The van der Waals surface area contributed by atoms with E-state index in [1.165, 1.54) is 0 Å². The molecule has 0 saturated heterocycles. The van der Waals surface area contributed by atoms with Gasteiger partial charge >= 0.3 is 22.0 Å². The normalized spacial score (nSPS) is 19.9. The summed E-state index contributed by atoms with van der Waals surface area (Å²) in [6.45, 7) is 0. The molecule has 0 aliphatic heterocycles. The van der Waals surface area contributed by atoms with Crippen molar-refractivity contribution in [3.63, 3.8) is 0 Å². The van der Waals surface area contributed by atoms with Gasteiger partial charge in [-0.05, 0) is 23.2 Å². The first-order valence-corrected chi connectivity index (χ1v) is 4.47. The van der Waals surface area contributed by atoms with Crippen LogP contribution in [0.3, 0.4) is 0 Å². The van der Waals surface area contributed by atoms with Gasteiger partial charge in [-0.2, -0.15) is 26.3 Å². The van der Waals surface area contributed by atoms with Crippen molar-refractivity contribution in [2.75, 3.05) is 0 Å². The lowest BCUT2D eigenvalue weighted by Gasteiger charge is -2.29. The van der Waals surface area contributed by atoms with Crippen LogP contribution in [0.5, 0.6) is 0 Å². The molecule has 0 aliphatic rings. The largest absolute Gasteiger partial charge is 0.437 e. The van der Waals surface area contributed by atoms with Crippen LogP contribution in [-0.2, 0) is 4.74 Å². The first-order valence-electron chi connectivity index (χ1n) is 3.34. The van der Waals surface area contributed by atoms with Crippen LogP contribution in [0.1, 0.15) is 0 Å². The Morgan fingerprint density at radius 2 is 1.12 bits per heavy atom. The molecule has 0 rings (SSSR count). The Bertz CT molecular complexity index is 271. The molecule has 0 aromatic rings. The maximum Gasteiger partial charge on any atom is 0.437 e. The number of halogens is 11. The molecule has 0 N–H and O–H groups in total. The molecule has 1 nitrogen and oxygen atoms in total. The highest BCUT2D eigenvalue weighted by atomic mass is 35.5. The smallest absolute Gasteiger partial charge is 0.275 e. The fourth-order valence-electron chi connectivity index (χ4n) is 0.399. The summed E-state index contributed by atoms with van der Waals surface area (Å²) < 4.78 is 100. The van der Waals surface area contributed by atoms with Gasteiger partial charge in [-0.3, -0.25) is 4.74 Å². The van der Waals surface area contributed by atoms with Crippen LogP contribution in [0.15, 0.2) is 0 Å². The second-order valence-electron chi connectivity index (χ2n) is 2.57. The zero-order chi connectivity index (χ0) is 14.3. The molecule has 12 heteroatoms. The molecule has 0 fully saturated rings. The third kappa shape index (κ3) is 3.87. The van der Waals surface area contributed by atoms with Crippen LogP contribution in [0, 0.1) is 0 Å². The van der Waals surface area contributed by atoms with Gasteiger partial charge in [0.05, 0.1) is 0 Å². The van der Waals surface area contributed by atoms with E-state index in [-0.39, 0.29) is 0 Å². The standard InChI is InChI=1S/C5HCl3F8O/c6-2(10,3(7,11)12)1(9)17-5(15,16)4(8,13)14/h1H. The van der Waals surface area contributed by atoms with Crippen LogP contribution in [0.25, 0.3) is 0 Å². The van der Waals surface area contributed by atoms with Crippen molar-refractivity contribution in [3.8, 4) is 0 Å². The molecule has 0 aromatic heterocycles. The van der Waals surface area contributed by atoms with Crippen LogP contribution >= 0.6 is 34.8 Å². The summed E-state index contributed by atoms with van der Waals surface area (Å²) in [7, 11) is 0. The lowest BCUT2D eigenvalue weighted by Crippen LogP contribution is -2.50. The van der Waals surface area contributed by atoms with Crippen molar-refractivity contribution in [2.24, 2.45) is 0 Å². The van der Waals surface area contributed by atoms with Crippen molar-refractivity contribution in [2.45, 2.75) is 28.4 Å². The summed E-state index contributed by atoms with van der Waals surface area (Å²) in [5.74, 6) is 0. The summed E-state index contributed by atoms with van der Waals surface area (Å²) in [6, 6.07) is 0. The monoisotopic (exact) mass is 334 g/mol. The molecule has 0 spiro atoms. The van der Waals surface area contributed by atoms with Gasteiger partial charge in [0, 0.05) is 0 Å². The summed E-state index contributed by atoms with van der Waals surface area (Å²) in [6.07, 6.45) is -10.1. The average molecular weight is 335 g/mol. The first kappa shape index (κ1) is 17.3. The fraction of sp³-hybridized carbons (Fsp3) is 1.00. The summed E-state index contributed by atoms with van der Waals surface area (Å²) in [5, 5.41) is -15.6. The lowest BCUT2D eigenvalue weighted by molar-refractivity contribution is -0.366. The number of ether oxygens (including phenoxy) is 1. The Balaban J connectivity index is 4.95. The minimum atomic E-state index is -5.78. The average Bonchev–Trinajstić information content (AvgIpc) is 1.98. The van der Waals surface area contributed by atoms with Gasteiger partial charge in [-0.25, -0.2) is 8.78 Å². The van der Waals surface area contributed by atoms with Crippen molar-refractivity contribution >= 4 is 34.8 Å².